The van der Waals surface area contributed by atoms with E-state index in [0.29, 0.717) is 13.0 Å². The third-order valence-corrected chi connectivity index (χ3v) is 6.89. The molecule has 0 bridgehead atoms. The van der Waals surface area contributed by atoms with E-state index in [-0.39, 0.29) is 5.60 Å². The molecule has 1 fully saturated rings. The number of aryl methyl sites for hydroxylation is 1. The Kier molecular flexibility index (Phi) is 5.16. The van der Waals surface area contributed by atoms with Crippen LogP contribution in [0.2, 0.25) is 0 Å². The van der Waals surface area contributed by atoms with Gasteiger partial charge in [0.25, 0.3) is 0 Å². The van der Waals surface area contributed by atoms with E-state index in [1.54, 1.807) is 7.11 Å². The average Bonchev–Trinajstić information content (AvgIpc) is 3.18. The van der Waals surface area contributed by atoms with Gasteiger partial charge in [-0.25, -0.2) is 0 Å². The van der Waals surface area contributed by atoms with E-state index >= 15 is 0 Å². The van der Waals surface area contributed by atoms with Crippen LogP contribution in [0.1, 0.15) is 48.2 Å². The smallest absolute Gasteiger partial charge is 0.126 e. The number of hydrogen-bond acceptors (Lipinski definition) is 5. The molecule has 1 spiro atoms. The zero-order valence-corrected chi connectivity index (χ0v) is 18.1. The second-order valence-electron chi connectivity index (χ2n) is 9.02. The summed E-state index contributed by atoms with van der Waals surface area (Å²) in [4.78, 5) is 5.56. The molecule has 0 radical (unpaired) electrons. The highest BCUT2D eigenvalue weighted by molar-refractivity contribution is 5.84. The lowest BCUT2D eigenvalue weighted by atomic mass is 9.81. The number of aromatic nitrogens is 1. The molecule has 2 aromatic carbocycles. The topological polar surface area (TPSA) is 78.0 Å². The maximum Gasteiger partial charge on any atom is 0.126 e. The maximum atomic E-state index is 10.9. The van der Waals surface area contributed by atoms with Crippen LogP contribution in [0.5, 0.6) is 11.5 Å². The molecule has 5 rings (SSSR count). The number of rotatable bonds is 4. The average molecular weight is 423 g/mol. The molecule has 0 saturated carbocycles. The quantitative estimate of drug-likeness (QED) is 0.595. The molecule has 2 atom stereocenters. The third kappa shape index (κ3) is 3.80. The number of methoxy groups -OCH3 is 1. The first kappa shape index (κ1) is 20.4. The molecular formula is C25H30N2O4. The van der Waals surface area contributed by atoms with Gasteiger partial charge in [-0.05, 0) is 50.1 Å². The number of fused-ring (bicyclic) bond motifs is 2. The van der Waals surface area contributed by atoms with Crippen LogP contribution in [0.25, 0.3) is 10.9 Å². The van der Waals surface area contributed by atoms with Gasteiger partial charge in [-0.1, -0.05) is 11.6 Å². The van der Waals surface area contributed by atoms with Gasteiger partial charge in [-0.3, -0.25) is 0 Å². The highest BCUT2D eigenvalue weighted by Gasteiger charge is 2.43. The van der Waals surface area contributed by atoms with Crippen molar-refractivity contribution in [2.45, 2.75) is 44.0 Å². The van der Waals surface area contributed by atoms with Gasteiger partial charge in [-0.15, -0.1) is 0 Å². The molecule has 0 aliphatic carbocycles. The Balaban J connectivity index is 1.25. The third-order valence-electron chi connectivity index (χ3n) is 6.89. The first-order chi connectivity index (χ1) is 15.0. The van der Waals surface area contributed by atoms with Gasteiger partial charge in [0.1, 0.15) is 17.1 Å². The van der Waals surface area contributed by atoms with Crippen LogP contribution in [0, 0.1) is 6.92 Å². The van der Waals surface area contributed by atoms with Gasteiger partial charge in [-0.2, -0.15) is 0 Å². The van der Waals surface area contributed by atoms with Gasteiger partial charge in [0.15, 0.2) is 0 Å². The highest BCUT2D eigenvalue weighted by Crippen LogP contribution is 2.45. The molecule has 3 heterocycles. The number of benzene rings is 2. The number of nitrogens with zero attached hydrogens (tertiary/aromatic N) is 1. The van der Waals surface area contributed by atoms with Gasteiger partial charge in [0, 0.05) is 54.3 Å². The van der Waals surface area contributed by atoms with Crippen molar-refractivity contribution in [3.8, 4) is 11.5 Å². The monoisotopic (exact) mass is 422 g/mol. The van der Waals surface area contributed by atoms with Crippen LogP contribution in [0.4, 0.5) is 0 Å². The Morgan fingerprint density at radius 1 is 1.23 bits per heavy atom. The van der Waals surface area contributed by atoms with Gasteiger partial charge >= 0.3 is 0 Å². The molecule has 3 aromatic rings. The molecule has 1 saturated heterocycles. The Hall–Kier alpha value is -2.54. The molecule has 1 aromatic heterocycles. The van der Waals surface area contributed by atoms with Crippen LogP contribution in [0.3, 0.4) is 0 Å². The molecular weight excluding hydrogens is 392 g/mol. The van der Waals surface area contributed by atoms with E-state index in [0.717, 1.165) is 59.5 Å². The van der Waals surface area contributed by atoms with E-state index in [1.807, 2.05) is 24.4 Å². The van der Waals surface area contributed by atoms with Crippen molar-refractivity contribution in [3.63, 3.8) is 0 Å². The minimum atomic E-state index is -0.551. The number of aliphatic hydroxyl groups excluding tert-OH is 2. The van der Waals surface area contributed by atoms with Crippen LogP contribution in [-0.2, 0) is 0 Å². The number of aliphatic hydroxyl groups is 2. The van der Waals surface area contributed by atoms with E-state index in [1.165, 1.54) is 5.56 Å². The number of β-amino-alcohol motifs (C(OH)–C–C–N with tert-alkyl or cyclic N) is 1. The largest absolute Gasteiger partial charge is 0.497 e. The molecule has 6 nitrogen and oxygen atoms in total. The van der Waals surface area contributed by atoms with E-state index < -0.39 is 12.2 Å². The summed E-state index contributed by atoms with van der Waals surface area (Å²) in [6.07, 6.45) is 3.07. The fraction of sp³-hybridized carbons (Fsp3) is 0.440. The first-order valence-electron chi connectivity index (χ1n) is 11.0. The van der Waals surface area contributed by atoms with E-state index in [4.69, 9.17) is 9.47 Å². The summed E-state index contributed by atoms with van der Waals surface area (Å²) in [5, 5.41) is 22.8. The van der Waals surface area contributed by atoms with Crippen LogP contribution >= 0.6 is 0 Å². The van der Waals surface area contributed by atoms with Gasteiger partial charge in [0.05, 0.1) is 19.3 Å². The summed E-state index contributed by atoms with van der Waals surface area (Å²) in [7, 11) is 1.63. The Morgan fingerprint density at radius 3 is 2.81 bits per heavy atom. The van der Waals surface area contributed by atoms with Crippen molar-refractivity contribution < 1.29 is 19.7 Å². The van der Waals surface area contributed by atoms with Crippen LogP contribution in [0.15, 0.2) is 42.6 Å². The number of ether oxygens (including phenoxy) is 2. The number of aromatic amines is 1. The lowest BCUT2D eigenvalue weighted by molar-refractivity contribution is -0.0588. The molecule has 0 unspecified atom stereocenters. The van der Waals surface area contributed by atoms with Crippen molar-refractivity contribution in [3.05, 3.63) is 59.3 Å². The predicted octanol–water partition coefficient (Wildman–Crippen LogP) is 3.87. The number of H-pyrrole nitrogens is 1. The van der Waals surface area contributed by atoms with Crippen LogP contribution in [-0.4, -0.2) is 52.4 Å². The second-order valence-corrected chi connectivity index (χ2v) is 9.02. The predicted molar refractivity (Wildman–Crippen MR) is 120 cm³/mol. The molecule has 3 N–H and O–H groups in total. The van der Waals surface area contributed by atoms with Gasteiger partial charge < -0.3 is 29.6 Å². The SMILES string of the molecule is COc1ccc2c(c1)[C@@H](O)CC1(CCN(C[C@@H](O)c3c[nH]c4ccc(C)cc34)CC1)O2. The number of likely N-dealkylation sites (tertiary alicyclic amines) is 1. The van der Waals surface area contributed by atoms with Gasteiger partial charge in [0.2, 0.25) is 0 Å². The zero-order chi connectivity index (χ0) is 21.6. The minimum absolute atomic E-state index is 0.347. The van der Waals surface area contributed by atoms with Crippen molar-refractivity contribution >= 4 is 10.9 Å². The summed E-state index contributed by atoms with van der Waals surface area (Å²) in [5.74, 6) is 1.48. The summed E-state index contributed by atoms with van der Waals surface area (Å²) in [5.41, 5.74) is 3.65. The Labute approximate surface area is 182 Å². The number of nitrogens with one attached hydrogen (secondary N) is 1. The lowest BCUT2D eigenvalue weighted by Gasteiger charge is -2.46. The fourth-order valence-corrected chi connectivity index (χ4v) is 5.07. The van der Waals surface area contributed by atoms with E-state index in [2.05, 4.69) is 35.0 Å². The van der Waals surface area contributed by atoms with Crippen molar-refractivity contribution in [1.29, 1.82) is 0 Å². The van der Waals surface area contributed by atoms with E-state index in [9.17, 15) is 10.2 Å². The summed E-state index contributed by atoms with van der Waals surface area (Å²) < 4.78 is 11.7. The maximum absolute atomic E-state index is 10.9. The Bertz CT molecular complexity index is 1080. The number of hydrogen-bond donors (Lipinski definition) is 3. The zero-order valence-electron chi connectivity index (χ0n) is 18.1. The first-order valence-corrected chi connectivity index (χ1v) is 11.0. The second kappa shape index (κ2) is 7.86. The van der Waals surface area contributed by atoms with Crippen molar-refractivity contribution in [2.75, 3.05) is 26.7 Å². The summed E-state index contributed by atoms with van der Waals surface area (Å²) >= 11 is 0. The Morgan fingerprint density at radius 2 is 2.03 bits per heavy atom. The van der Waals surface area contributed by atoms with Crippen molar-refractivity contribution in [1.82, 2.24) is 9.88 Å². The standard InChI is InChI=1S/C25H30N2O4/c1-16-3-5-21-18(11-16)20(14-26-21)23(29)15-27-9-7-25(8-10-27)13-22(28)19-12-17(30-2)4-6-24(19)31-25/h3-6,11-12,14,22-23,26,28-29H,7-10,13,15H2,1-2H3/t22-,23+/m0/s1. The number of piperidine rings is 1. The summed E-state index contributed by atoms with van der Waals surface area (Å²) in [6.45, 7) is 4.32. The molecule has 2 aliphatic rings. The molecule has 164 valence electrons. The minimum Gasteiger partial charge on any atom is -0.497 e. The molecule has 2 aliphatic heterocycles. The lowest BCUT2D eigenvalue weighted by Crippen LogP contribution is -2.51. The highest BCUT2D eigenvalue weighted by atomic mass is 16.5. The summed E-state index contributed by atoms with van der Waals surface area (Å²) in [6, 6.07) is 11.9. The van der Waals surface area contributed by atoms with Crippen LogP contribution < -0.4 is 9.47 Å². The van der Waals surface area contributed by atoms with Crippen molar-refractivity contribution in [2.24, 2.45) is 0 Å². The molecule has 6 heteroatoms. The fourth-order valence-electron chi connectivity index (χ4n) is 5.07. The molecule has 31 heavy (non-hydrogen) atoms. The normalized spacial score (nSPS) is 21.6. The molecule has 0 amide bonds.